The van der Waals surface area contributed by atoms with Crippen LogP contribution in [-0.4, -0.2) is 64.6 Å². The molecule has 0 aromatic heterocycles. The van der Waals surface area contributed by atoms with E-state index in [4.69, 9.17) is 27.9 Å². The molecule has 3 saturated heterocycles. The van der Waals surface area contributed by atoms with Crippen LogP contribution in [0.1, 0.15) is 13.8 Å². The van der Waals surface area contributed by atoms with Crippen molar-refractivity contribution in [2.45, 2.75) is 57.1 Å². The zero-order valence-electron chi connectivity index (χ0n) is 11.4. The minimum absolute atomic E-state index is 0.122. The first-order valence-corrected chi connectivity index (χ1v) is 8.27. The molecule has 0 N–H and O–H groups in total. The van der Waals surface area contributed by atoms with Crippen LogP contribution in [0.4, 0.5) is 0 Å². The molecular weight excluding hydrogens is 292 g/mol. The molecule has 3 aliphatic rings. The topological polar surface area (TPSA) is 89.5 Å². The van der Waals surface area contributed by atoms with Crippen molar-refractivity contribution in [3.63, 3.8) is 0 Å². The van der Waals surface area contributed by atoms with Gasteiger partial charge in [-0.05, 0) is 13.8 Å². The largest absolute Gasteiger partial charge is 0.344 e. The van der Waals surface area contributed by atoms with E-state index < -0.39 is 34.9 Å². The summed E-state index contributed by atoms with van der Waals surface area (Å²) in [5, 5.41) is 0. The Balaban J connectivity index is 1.70. The van der Waals surface area contributed by atoms with Crippen LogP contribution in [0, 0.1) is 0 Å². The Bertz CT molecular complexity index is 465. The third-order valence-corrected chi connectivity index (χ3v) is 3.97. The van der Waals surface area contributed by atoms with E-state index in [1.807, 2.05) is 0 Å². The van der Waals surface area contributed by atoms with Crippen LogP contribution >= 0.6 is 0 Å². The standard InChI is InChI=1S/C11H18O8S/c1-5-15-7(4-14-20(3,12)13)8-9(16-5)10-11(19-8)18-6(2)17-10/h5-11H,4H2,1-3H3. The Morgan fingerprint density at radius 3 is 2.25 bits per heavy atom. The zero-order chi connectivity index (χ0) is 14.5. The molecule has 9 heteroatoms. The van der Waals surface area contributed by atoms with Crippen molar-refractivity contribution in [3.8, 4) is 0 Å². The molecule has 116 valence electrons. The van der Waals surface area contributed by atoms with Crippen molar-refractivity contribution in [3.05, 3.63) is 0 Å². The van der Waals surface area contributed by atoms with Gasteiger partial charge in [0, 0.05) is 0 Å². The quantitative estimate of drug-likeness (QED) is 0.649. The highest BCUT2D eigenvalue weighted by Gasteiger charge is 2.57. The van der Waals surface area contributed by atoms with Crippen molar-refractivity contribution in [2.24, 2.45) is 0 Å². The van der Waals surface area contributed by atoms with Gasteiger partial charge < -0.3 is 23.7 Å². The van der Waals surface area contributed by atoms with Gasteiger partial charge in [-0.3, -0.25) is 4.18 Å². The molecule has 3 heterocycles. The lowest BCUT2D eigenvalue weighted by Gasteiger charge is -2.37. The maximum absolute atomic E-state index is 11.1. The van der Waals surface area contributed by atoms with Crippen LogP contribution < -0.4 is 0 Å². The highest BCUT2D eigenvalue weighted by Crippen LogP contribution is 2.39. The third kappa shape index (κ3) is 2.84. The molecule has 8 nitrogen and oxygen atoms in total. The fraction of sp³-hybridized carbons (Fsp3) is 1.00. The SMILES string of the molecule is CC1OC2OC3C(COS(C)(=O)=O)OC(C)OC3C2O1. The molecule has 0 aromatic carbocycles. The molecule has 7 unspecified atom stereocenters. The maximum atomic E-state index is 11.1. The average Bonchev–Trinajstić information content (AvgIpc) is 2.82. The van der Waals surface area contributed by atoms with E-state index in [0.717, 1.165) is 6.26 Å². The van der Waals surface area contributed by atoms with Crippen molar-refractivity contribution >= 4 is 10.1 Å². The lowest BCUT2D eigenvalue weighted by Crippen LogP contribution is -2.52. The number of hydrogen-bond donors (Lipinski definition) is 0. The Hall–Kier alpha value is -0.290. The van der Waals surface area contributed by atoms with Crippen molar-refractivity contribution < 1.29 is 36.3 Å². The molecular formula is C11H18O8S. The lowest BCUT2D eigenvalue weighted by molar-refractivity contribution is -0.293. The average molecular weight is 310 g/mol. The van der Waals surface area contributed by atoms with E-state index >= 15 is 0 Å². The smallest absolute Gasteiger partial charge is 0.264 e. The second kappa shape index (κ2) is 5.16. The molecule has 3 rings (SSSR count). The molecule has 0 aliphatic carbocycles. The number of fused-ring (bicyclic) bond motifs is 3. The monoisotopic (exact) mass is 310 g/mol. The van der Waals surface area contributed by atoms with Crippen LogP contribution in [0.2, 0.25) is 0 Å². The lowest BCUT2D eigenvalue weighted by atomic mass is 10.0. The summed E-state index contributed by atoms with van der Waals surface area (Å²) < 4.78 is 55.0. The van der Waals surface area contributed by atoms with E-state index in [2.05, 4.69) is 0 Å². The summed E-state index contributed by atoms with van der Waals surface area (Å²) in [6, 6.07) is 0. The van der Waals surface area contributed by atoms with Gasteiger partial charge >= 0.3 is 0 Å². The zero-order valence-corrected chi connectivity index (χ0v) is 12.2. The molecule has 0 amide bonds. The van der Waals surface area contributed by atoms with Gasteiger partial charge in [-0.25, -0.2) is 0 Å². The van der Waals surface area contributed by atoms with Gasteiger partial charge in [-0.15, -0.1) is 0 Å². The fourth-order valence-electron chi connectivity index (χ4n) is 2.70. The molecule has 0 saturated carbocycles. The van der Waals surface area contributed by atoms with Crippen molar-refractivity contribution in [1.82, 2.24) is 0 Å². The summed E-state index contributed by atoms with van der Waals surface area (Å²) in [6.45, 7) is 3.39. The summed E-state index contributed by atoms with van der Waals surface area (Å²) in [6.07, 6.45) is -2.09. The van der Waals surface area contributed by atoms with Gasteiger partial charge in [-0.2, -0.15) is 8.42 Å². The predicted molar refractivity (Wildman–Crippen MR) is 64.1 cm³/mol. The summed E-state index contributed by atoms with van der Waals surface area (Å²) in [5.41, 5.74) is 0. The van der Waals surface area contributed by atoms with Gasteiger partial charge in [0.1, 0.15) is 24.4 Å². The normalized spacial score (nSPS) is 48.0. The minimum Gasteiger partial charge on any atom is -0.344 e. The second-order valence-corrected chi connectivity index (χ2v) is 6.75. The van der Waals surface area contributed by atoms with E-state index in [0.29, 0.717) is 0 Å². The van der Waals surface area contributed by atoms with Crippen LogP contribution in [0.5, 0.6) is 0 Å². The molecule has 20 heavy (non-hydrogen) atoms. The first-order valence-electron chi connectivity index (χ1n) is 6.45. The summed E-state index contributed by atoms with van der Waals surface area (Å²) in [5.74, 6) is 0. The highest BCUT2D eigenvalue weighted by atomic mass is 32.2. The van der Waals surface area contributed by atoms with Gasteiger partial charge in [-0.1, -0.05) is 0 Å². The minimum atomic E-state index is -3.54. The molecule has 0 spiro atoms. The van der Waals surface area contributed by atoms with Crippen LogP contribution in [-0.2, 0) is 38.0 Å². The molecule has 3 fully saturated rings. The Morgan fingerprint density at radius 2 is 1.55 bits per heavy atom. The summed E-state index contributed by atoms with van der Waals surface area (Å²) in [7, 11) is -3.54. The van der Waals surface area contributed by atoms with Crippen LogP contribution in [0.15, 0.2) is 0 Å². The summed E-state index contributed by atoms with van der Waals surface area (Å²) in [4.78, 5) is 0. The summed E-state index contributed by atoms with van der Waals surface area (Å²) >= 11 is 0. The Kier molecular flexibility index (Phi) is 3.78. The van der Waals surface area contributed by atoms with Gasteiger partial charge in [0.05, 0.1) is 12.9 Å². The van der Waals surface area contributed by atoms with Gasteiger partial charge in [0.25, 0.3) is 10.1 Å². The molecule has 0 radical (unpaired) electrons. The van der Waals surface area contributed by atoms with E-state index in [9.17, 15) is 8.42 Å². The van der Waals surface area contributed by atoms with E-state index in [-0.39, 0.29) is 25.1 Å². The fourth-order valence-corrected chi connectivity index (χ4v) is 3.08. The highest BCUT2D eigenvalue weighted by molar-refractivity contribution is 7.85. The Labute approximate surface area is 117 Å². The molecule has 7 atom stereocenters. The first-order chi connectivity index (χ1) is 9.33. The van der Waals surface area contributed by atoms with E-state index in [1.165, 1.54) is 0 Å². The van der Waals surface area contributed by atoms with Crippen LogP contribution in [0.25, 0.3) is 0 Å². The first kappa shape index (κ1) is 14.6. The van der Waals surface area contributed by atoms with Gasteiger partial charge in [0.15, 0.2) is 18.9 Å². The van der Waals surface area contributed by atoms with Crippen molar-refractivity contribution in [1.29, 1.82) is 0 Å². The molecule has 3 aliphatic heterocycles. The molecule has 0 bridgehead atoms. The number of hydrogen-bond acceptors (Lipinski definition) is 8. The van der Waals surface area contributed by atoms with E-state index in [1.54, 1.807) is 13.8 Å². The predicted octanol–water partition coefficient (Wildman–Crippen LogP) is -0.421. The third-order valence-electron chi connectivity index (χ3n) is 3.41. The number of rotatable bonds is 3. The Morgan fingerprint density at radius 1 is 0.900 bits per heavy atom. The van der Waals surface area contributed by atoms with Crippen LogP contribution in [0.3, 0.4) is 0 Å². The maximum Gasteiger partial charge on any atom is 0.264 e. The van der Waals surface area contributed by atoms with Gasteiger partial charge in [0.2, 0.25) is 0 Å². The second-order valence-electron chi connectivity index (χ2n) is 5.11. The van der Waals surface area contributed by atoms with Crippen molar-refractivity contribution in [2.75, 3.05) is 12.9 Å². The number of ether oxygens (including phenoxy) is 5. The molecule has 0 aromatic rings.